The second-order valence-electron chi connectivity index (χ2n) is 5.42. The van der Waals surface area contributed by atoms with E-state index in [9.17, 15) is 4.79 Å². The highest BCUT2D eigenvalue weighted by Gasteiger charge is 2.05. The Hall–Kier alpha value is -2.66. The molecule has 0 aliphatic rings. The fourth-order valence-electron chi connectivity index (χ4n) is 2.37. The number of para-hydroxylation sites is 2. The van der Waals surface area contributed by atoms with Crippen molar-refractivity contribution in [1.29, 1.82) is 0 Å². The minimum Gasteiger partial charge on any atom is -0.330 e. The standard InChI is InChI=1S/C18H17ClN4O/c1-13(14-6-8-15(19)9-7-14)21-22-18(24)10-11-23-12-20-16-4-2-3-5-17(16)23/h2-9,12H,10-11H2,1H3,(H,22,24)/b21-13+. The maximum Gasteiger partial charge on any atom is 0.241 e. The van der Waals surface area contributed by atoms with Crippen molar-refractivity contribution < 1.29 is 4.79 Å². The first kappa shape index (κ1) is 16.2. The van der Waals surface area contributed by atoms with Gasteiger partial charge in [-0.2, -0.15) is 5.10 Å². The van der Waals surface area contributed by atoms with Gasteiger partial charge in [0.05, 0.1) is 23.1 Å². The number of nitrogens with one attached hydrogen (secondary N) is 1. The predicted octanol–water partition coefficient (Wildman–Crippen LogP) is 3.62. The molecule has 1 amide bonds. The number of amides is 1. The molecule has 1 heterocycles. The molecular formula is C18H17ClN4O. The first-order valence-corrected chi connectivity index (χ1v) is 8.00. The highest BCUT2D eigenvalue weighted by molar-refractivity contribution is 6.30. The van der Waals surface area contributed by atoms with E-state index in [0.717, 1.165) is 22.3 Å². The van der Waals surface area contributed by atoms with Gasteiger partial charge in [0.25, 0.3) is 0 Å². The summed E-state index contributed by atoms with van der Waals surface area (Å²) in [6.07, 6.45) is 2.08. The van der Waals surface area contributed by atoms with E-state index in [0.29, 0.717) is 18.0 Å². The van der Waals surface area contributed by atoms with E-state index in [2.05, 4.69) is 15.5 Å². The summed E-state index contributed by atoms with van der Waals surface area (Å²) in [7, 11) is 0. The second-order valence-corrected chi connectivity index (χ2v) is 5.85. The Kier molecular flexibility index (Phi) is 4.91. The number of aryl methyl sites for hydroxylation is 1. The average molecular weight is 341 g/mol. The average Bonchev–Trinajstić information content (AvgIpc) is 3.01. The van der Waals surface area contributed by atoms with Crippen LogP contribution in [0.5, 0.6) is 0 Å². The molecule has 0 radical (unpaired) electrons. The molecule has 0 bridgehead atoms. The Bertz CT molecular complexity index is 883. The molecule has 0 atom stereocenters. The van der Waals surface area contributed by atoms with Crippen molar-refractivity contribution in [1.82, 2.24) is 15.0 Å². The van der Waals surface area contributed by atoms with Crippen LogP contribution in [0.25, 0.3) is 11.0 Å². The molecule has 0 aliphatic heterocycles. The molecule has 122 valence electrons. The number of imidazole rings is 1. The zero-order valence-corrected chi connectivity index (χ0v) is 14.0. The summed E-state index contributed by atoms with van der Waals surface area (Å²) in [6.45, 7) is 2.40. The Labute approximate surface area is 145 Å². The zero-order chi connectivity index (χ0) is 16.9. The van der Waals surface area contributed by atoms with Gasteiger partial charge in [0, 0.05) is 18.0 Å². The van der Waals surface area contributed by atoms with Crippen molar-refractivity contribution in [2.75, 3.05) is 0 Å². The van der Waals surface area contributed by atoms with Gasteiger partial charge in [-0.15, -0.1) is 0 Å². The van der Waals surface area contributed by atoms with Crippen LogP contribution in [0.15, 0.2) is 60.0 Å². The van der Waals surface area contributed by atoms with Gasteiger partial charge in [-0.1, -0.05) is 35.9 Å². The third kappa shape index (κ3) is 3.81. The summed E-state index contributed by atoms with van der Waals surface area (Å²) < 4.78 is 1.96. The summed E-state index contributed by atoms with van der Waals surface area (Å²) in [6, 6.07) is 15.2. The number of carbonyl (C=O) groups is 1. The summed E-state index contributed by atoms with van der Waals surface area (Å²) in [5, 5.41) is 4.80. The van der Waals surface area contributed by atoms with Crippen LogP contribution in [0.4, 0.5) is 0 Å². The van der Waals surface area contributed by atoms with E-state index in [1.807, 2.05) is 47.9 Å². The van der Waals surface area contributed by atoms with Crippen LogP contribution in [0.1, 0.15) is 18.9 Å². The topological polar surface area (TPSA) is 59.3 Å². The highest BCUT2D eigenvalue weighted by atomic mass is 35.5. The number of benzene rings is 2. The number of hydrogen-bond donors (Lipinski definition) is 1. The number of fused-ring (bicyclic) bond motifs is 1. The number of hydrazone groups is 1. The molecule has 0 saturated heterocycles. The lowest BCUT2D eigenvalue weighted by atomic mass is 10.1. The van der Waals surface area contributed by atoms with Crippen molar-refractivity contribution >= 4 is 34.3 Å². The zero-order valence-electron chi connectivity index (χ0n) is 13.2. The monoisotopic (exact) mass is 340 g/mol. The number of hydrogen-bond acceptors (Lipinski definition) is 3. The van der Waals surface area contributed by atoms with Crippen LogP contribution in [0.3, 0.4) is 0 Å². The SMILES string of the molecule is C/C(=N\NC(=O)CCn1cnc2ccccc21)c1ccc(Cl)cc1. The number of rotatable bonds is 5. The second kappa shape index (κ2) is 7.27. The van der Waals surface area contributed by atoms with Gasteiger partial charge in [-0.25, -0.2) is 10.4 Å². The van der Waals surface area contributed by atoms with Crippen LogP contribution < -0.4 is 5.43 Å². The lowest BCUT2D eigenvalue weighted by molar-refractivity contribution is -0.121. The molecule has 0 fully saturated rings. The van der Waals surface area contributed by atoms with Crippen molar-refractivity contribution in [2.45, 2.75) is 19.9 Å². The normalized spacial score (nSPS) is 11.7. The number of halogens is 1. The molecule has 3 aromatic rings. The maximum absolute atomic E-state index is 12.0. The fourth-order valence-corrected chi connectivity index (χ4v) is 2.49. The van der Waals surface area contributed by atoms with Gasteiger partial charge < -0.3 is 4.57 Å². The Balaban J connectivity index is 1.57. The van der Waals surface area contributed by atoms with Gasteiger partial charge in [-0.05, 0) is 36.8 Å². The van der Waals surface area contributed by atoms with Crippen LogP contribution in [0.2, 0.25) is 5.02 Å². The van der Waals surface area contributed by atoms with Gasteiger partial charge in [-0.3, -0.25) is 4.79 Å². The van der Waals surface area contributed by atoms with Gasteiger partial charge >= 0.3 is 0 Å². The number of aromatic nitrogens is 2. The summed E-state index contributed by atoms with van der Waals surface area (Å²) in [4.78, 5) is 16.3. The Morgan fingerprint density at radius 1 is 1.21 bits per heavy atom. The summed E-state index contributed by atoms with van der Waals surface area (Å²) in [5.41, 5.74) is 6.18. The Morgan fingerprint density at radius 3 is 2.75 bits per heavy atom. The smallest absolute Gasteiger partial charge is 0.241 e. The molecule has 0 aliphatic carbocycles. The number of nitrogens with zero attached hydrogens (tertiary/aromatic N) is 3. The quantitative estimate of drug-likeness (QED) is 0.569. The third-order valence-electron chi connectivity index (χ3n) is 3.72. The van der Waals surface area contributed by atoms with E-state index in [-0.39, 0.29) is 5.91 Å². The maximum atomic E-state index is 12.0. The molecule has 0 saturated carbocycles. The van der Waals surface area contributed by atoms with Crippen LogP contribution in [0, 0.1) is 0 Å². The summed E-state index contributed by atoms with van der Waals surface area (Å²) in [5.74, 6) is -0.138. The molecule has 2 aromatic carbocycles. The lowest BCUT2D eigenvalue weighted by Gasteiger charge is -2.05. The molecular weight excluding hydrogens is 324 g/mol. The van der Waals surface area contributed by atoms with Gasteiger partial charge in [0.1, 0.15) is 0 Å². The molecule has 3 rings (SSSR count). The van der Waals surface area contributed by atoms with E-state index >= 15 is 0 Å². The Morgan fingerprint density at radius 2 is 1.96 bits per heavy atom. The lowest BCUT2D eigenvalue weighted by Crippen LogP contribution is -2.20. The minimum absolute atomic E-state index is 0.138. The van der Waals surface area contributed by atoms with Crippen molar-refractivity contribution in [3.63, 3.8) is 0 Å². The van der Waals surface area contributed by atoms with E-state index in [4.69, 9.17) is 11.6 Å². The predicted molar refractivity (Wildman–Crippen MR) is 96.2 cm³/mol. The van der Waals surface area contributed by atoms with Crippen molar-refractivity contribution in [3.05, 3.63) is 65.4 Å². The van der Waals surface area contributed by atoms with Crippen molar-refractivity contribution in [3.8, 4) is 0 Å². The third-order valence-corrected chi connectivity index (χ3v) is 3.97. The summed E-state index contributed by atoms with van der Waals surface area (Å²) >= 11 is 5.86. The first-order chi connectivity index (χ1) is 11.6. The van der Waals surface area contributed by atoms with Crippen LogP contribution in [-0.4, -0.2) is 21.2 Å². The highest BCUT2D eigenvalue weighted by Crippen LogP contribution is 2.12. The minimum atomic E-state index is -0.138. The first-order valence-electron chi connectivity index (χ1n) is 7.62. The molecule has 24 heavy (non-hydrogen) atoms. The van der Waals surface area contributed by atoms with E-state index < -0.39 is 0 Å². The molecule has 0 spiro atoms. The molecule has 5 nitrogen and oxygen atoms in total. The van der Waals surface area contributed by atoms with Gasteiger partial charge in [0.15, 0.2) is 0 Å². The molecule has 0 unspecified atom stereocenters. The largest absolute Gasteiger partial charge is 0.330 e. The van der Waals surface area contributed by atoms with E-state index in [1.54, 1.807) is 18.5 Å². The van der Waals surface area contributed by atoms with Crippen LogP contribution >= 0.6 is 11.6 Å². The molecule has 1 aromatic heterocycles. The molecule has 6 heteroatoms. The number of carbonyl (C=O) groups excluding carboxylic acids is 1. The van der Waals surface area contributed by atoms with Crippen LogP contribution in [-0.2, 0) is 11.3 Å². The van der Waals surface area contributed by atoms with Crippen molar-refractivity contribution in [2.24, 2.45) is 5.10 Å². The van der Waals surface area contributed by atoms with E-state index in [1.165, 1.54) is 0 Å². The van der Waals surface area contributed by atoms with Gasteiger partial charge in [0.2, 0.25) is 5.91 Å². The fraction of sp³-hybridized carbons (Fsp3) is 0.167. The molecule has 1 N–H and O–H groups in total.